The molecule has 6 heteroatoms. The lowest BCUT2D eigenvalue weighted by molar-refractivity contribution is 0.428. The molecular weight excluding hydrogens is 325 g/mol. The van der Waals surface area contributed by atoms with Crippen LogP contribution in [0.1, 0.15) is 10.6 Å². The molecule has 0 unspecified atom stereocenters. The summed E-state index contributed by atoms with van der Waals surface area (Å²) >= 11 is 1.53. The van der Waals surface area contributed by atoms with Crippen LogP contribution in [0.15, 0.2) is 42.6 Å². The highest BCUT2D eigenvalue weighted by Crippen LogP contribution is 2.27. The van der Waals surface area contributed by atoms with Crippen LogP contribution in [-0.2, 0) is 6.54 Å². The summed E-state index contributed by atoms with van der Waals surface area (Å²) in [5.41, 5.74) is 2.76. The molecule has 0 radical (unpaired) electrons. The summed E-state index contributed by atoms with van der Waals surface area (Å²) in [5, 5.41) is 15.7. The monoisotopic (exact) mass is 339 g/mol. The van der Waals surface area contributed by atoms with Gasteiger partial charge in [0.25, 0.3) is 0 Å². The largest absolute Gasteiger partial charge is 0.508 e. The third kappa shape index (κ3) is 2.88. The SMILES string of the molecule is Oc1ccc2nc(/C=C/c3ccc4nn(CCF)cc4c3)sc2c1. The quantitative estimate of drug-likeness (QED) is 0.596. The molecule has 0 aliphatic rings. The number of fused-ring (bicyclic) bond motifs is 2. The van der Waals surface area contributed by atoms with Crippen LogP contribution < -0.4 is 0 Å². The van der Waals surface area contributed by atoms with E-state index < -0.39 is 6.67 Å². The molecule has 0 aliphatic heterocycles. The number of phenols is 1. The Balaban J connectivity index is 1.62. The van der Waals surface area contributed by atoms with E-state index in [4.69, 9.17) is 0 Å². The lowest BCUT2D eigenvalue weighted by atomic mass is 10.1. The van der Waals surface area contributed by atoms with Gasteiger partial charge in [0.15, 0.2) is 0 Å². The summed E-state index contributed by atoms with van der Waals surface area (Å²) in [6, 6.07) is 11.1. The molecule has 0 spiro atoms. The molecule has 4 rings (SSSR count). The van der Waals surface area contributed by atoms with E-state index in [0.717, 1.165) is 31.7 Å². The molecule has 2 aromatic carbocycles. The van der Waals surface area contributed by atoms with Crippen molar-refractivity contribution in [1.29, 1.82) is 0 Å². The summed E-state index contributed by atoms with van der Waals surface area (Å²) in [6.07, 6.45) is 5.80. The van der Waals surface area contributed by atoms with Crippen molar-refractivity contribution >= 4 is 44.6 Å². The van der Waals surface area contributed by atoms with E-state index in [-0.39, 0.29) is 12.3 Å². The van der Waals surface area contributed by atoms with Gasteiger partial charge in [-0.3, -0.25) is 4.68 Å². The first kappa shape index (κ1) is 14.8. The second kappa shape index (κ2) is 6.05. The molecule has 0 saturated carbocycles. The van der Waals surface area contributed by atoms with Gasteiger partial charge in [-0.15, -0.1) is 11.3 Å². The molecule has 0 fully saturated rings. The molecule has 0 aliphatic carbocycles. The third-order valence-corrected chi connectivity index (χ3v) is 4.68. The smallest absolute Gasteiger partial charge is 0.117 e. The Morgan fingerprint density at radius 2 is 2.00 bits per heavy atom. The van der Waals surface area contributed by atoms with Crippen molar-refractivity contribution in [2.45, 2.75) is 6.54 Å². The second-order valence-corrected chi connectivity index (χ2v) is 6.50. The van der Waals surface area contributed by atoms with Crippen LogP contribution in [0.25, 0.3) is 33.3 Å². The standard InChI is InChI=1S/C18H14FN3OS/c19-7-8-22-11-13-9-12(1-4-15(13)21-22)2-6-18-20-16-5-3-14(23)10-17(16)24-18/h1-6,9-11,23H,7-8H2/b6-2+. The molecule has 0 atom stereocenters. The minimum absolute atomic E-state index is 0.248. The Bertz CT molecular complexity index is 1050. The molecule has 0 bridgehead atoms. The van der Waals surface area contributed by atoms with Crippen LogP contribution in [0.3, 0.4) is 0 Å². The molecular formula is C18H14FN3OS. The normalized spacial score (nSPS) is 11.9. The van der Waals surface area contributed by atoms with E-state index in [1.54, 1.807) is 16.8 Å². The van der Waals surface area contributed by atoms with Gasteiger partial charge in [0.05, 0.1) is 22.3 Å². The number of hydrogen-bond donors (Lipinski definition) is 1. The molecule has 2 aromatic heterocycles. The molecule has 4 aromatic rings. The van der Waals surface area contributed by atoms with Crippen LogP contribution >= 0.6 is 11.3 Å². The topological polar surface area (TPSA) is 50.9 Å². The number of hydrogen-bond acceptors (Lipinski definition) is 4. The highest BCUT2D eigenvalue weighted by molar-refractivity contribution is 7.19. The molecule has 24 heavy (non-hydrogen) atoms. The minimum atomic E-state index is -0.423. The van der Waals surface area contributed by atoms with Crippen molar-refractivity contribution in [3.05, 3.63) is 53.2 Å². The second-order valence-electron chi connectivity index (χ2n) is 5.44. The average Bonchev–Trinajstić information content (AvgIpc) is 3.15. The Kier molecular flexibility index (Phi) is 3.74. The summed E-state index contributed by atoms with van der Waals surface area (Å²) < 4.78 is 15.0. The molecule has 0 saturated heterocycles. The van der Waals surface area contributed by atoms with Crippen LogP contribution in [0, 0.1) is 0 Å². The van der Waals surface area contributed by atoms with Gasteiger partial charge < -0.3 is 5.11 Å². The van der Waals surface area contributed by atoms with Crippen molar-refractivity contribution in [2.75, 3.05) is 6.67 Å². The van der Waals surface area contributed by atoms with Gasteiger partial charge in [-0.1, -0.05) is 12.1 Å². The zero-order chi connectivity index (χ0) is 16.5. The van der Waals surface area contributed by atoms with Gasteiger partial charge in [0.2, 0.25) is 0 Å². The summed E-state index contributed by atoms with van der Waals surface area (Å²) in [6.45, 7) is -0.147. The molecule has 2 heterocycles. The number of aromatic nitrogens is 3. The number of rotatable bonds is 4. The van der Waals surface area contributed by atoms with Crippen molar-refractivity contribution in [2.24, 2.45) is 0 Å². The first-order valence-electron chi connectivity index (χ1n) is 7.52. The van der Waals surface area contributed by atoms with Crippen molar-refractivity contribution in [1.82, 2.24) is 14.8 Å². The number of thiazole rings is 1. The first-order valence-corrected chi connectivity index (χ1v) is 8.34. The van der Waals surface area contributed by atoms with Gasteiger partial charge in [-0.25, -0.2) is 9.37 Å². The van der Waals surface area contributed by atoms with Crippen molar-refractivity contribution in [3.63, 3.8) is 0 Å². The fourth-order valence-electron chi connectivity index (χ4n) is 2.57. The molecule has 0 amide bonds. The molecule has 4 nitrogen and oxygen atoms in total. The van der Waals surface area contributed by atoms with E-state index in [2.05, 4.69) is 10.1 Å². The fourth-order valence-corrected chi connectivity index (χ4v) is 3.47. The molecule has 1 N–H and O–H groups in total. The van der Waals surface area contributed by atoms with Gasteiger partial charge in [-0.2, -0.15) is 5.10 Å². The van der Waals surface area contributed by atoms with E-state index in [1.165, 1.54) is 11.3 Å². The first-order chi connectivity index (χ1) is 11.7. The van der Waals surface area contributed by atoms with Gasteiger partial charge >= 0.3 is 0 Å². The highest BCUT2D eigenvalue weighted by Gasteiger charge is 2.03. The summed E-state index contributed by atoms with van der Waals surface area (Å²) in [4.78, 5) is 4.52. The van der Waals surface area contributed by atoms with Crippen molar-refractivity contribution in [3.8, 4) is 5.75 Å². The zero-order valence-corrected chi connectivity index (χ0v) is 13.5. The van der Waals surface area contributed by atoms with Gasteiger partial charge in [0, 0.05) is 11.6 Å². The lowest BCUT2D eigenvalue weighted by Gasteiger charge is -1.92. The number of phenolic OH excluding ortho intramolecular Hbond substituents is 1. The summed E-state index contributed by atoms with van der Waals surface area (Å²) in [7, 11) is 0. The maximum Gasteiger partial charge on any atom is 0.117 e. The Hall–Kier alpha value is -2.73. The predicted octanol–water partition coefficient (Wildman–Crippen LogP) is 4.49. The van der Waals surface area contributed by atoms with Gasteiger partial charge in [-0.05, 0) is 42.0 Å². The number of halogens is 1. The van der Waals surface area contributed by atoms with Crippen LogP contribution in [0.5, 0.6) is 5.75 Å². The Morgan fingerprint density at radius 1 is 1.12 bits per heavy atom. The number of alkyl halides is 1. The Labute approximate surface area is 141 Å². The van der Waals surface area contributed by atoms with Crippen LogP contribution in [0.2, 0.25) is 0 Å². The van der Waals surface area contributed by atoms with E-state index >= 15 is 0 Å². The van der Waals surface area contributed by atoms with Crippen molar-refractivity contribution < 1.29 is 9.50 Å². The predicted molar refractivity (Wildman–Crippen MR) is 95.9 cm³/mol. The maximum absolute atomic E-state index is 12.4. The fraction of sp³-hybridized carbons (Fsp3) is 0.111. The van der Waals surface area contributed by atoms with E-state index in [1.807, 2.05) is 42.6 Å². The zero-order valence-electron chi connectivity index (χ0n) is 12.7. The number of benzene rings is 2. The molecule has 120 valence electrons. The summed E-state index contributed by atoms with van der Waals surface area (Å²) in [5.74, 6) is 0.248. The highest BCUT2D eigenvalue weighted by atomic mass is 32.1. The minimum Gasteiger partial charge on any atom is -0.508 e. The lowest BCUT2D eigenvalue weighted by Crippen LogP contribution is -1.98. The van der Waals surface area contributed by atoms with Gasteiger partial charge in [0.1, 0.15) is 17.4 Å². The Morgan fingerprint density at radius 3 is 2.88 bits per heavy atom. The maximum atomic E-state index is 12.4. The van der Waals surface area contributed by atoms with E-state index in [0.29, 0.717) is 0 Å². The average molecular weight is 339 g/mol. The van der Waals surface area contributed by atoms with Crippen LogP contribution in [0.4, 0.5) is 4.39 Å². The van der Waals surface area contributed by atoms with Crippen LogP contribution in [-0.4, -0.2) is 26.5 Å². The number of aromatic hydroxyl groups is 1. The number of nitrogens with zero attached hydrogens (tertiary/aromatic N) is 3. The third-order valence-electron chi connectivity index (χ3n) is 3.70. The number of aryl methyl sites for hydroxylation is 1. The van der Waals surface area contributed by atoms with E-state index in [9.17, 15) is 9.50 Å².